The molecular formula is C17H21N3O2. The Balaban J connectivity index is 2.18. The molecule has 0 saturated carbocycles. The van der Waals surface area contributed by atoms with Gasteiger partial charge in [0.05, 0.1) is 19.9 Å². The summed E-state index contributed by atoms with van der Waals surface area (Å²) in [6.07, 6.45) is 0. The van der Waals surface area contributed by atoms with Crippen LogP contribution >= 0.6 is 0 Å². The summed E-state index contributed by atoms with van der Waals surface area (Å²) < 4.78 is 10.3. The van der Waals surface area contributed by atoms with E-state index in [0.717, 1.165) is 28.8 Å². The molecule has 0 unspecified atom stereocenters. The molecule has 5 heteroatoms. The van der Waals surface area contributed by atoms with Crippen LogP contribution in [0.3, 0.4) is 0 Å². The number of anilines is 1. The molecule has 2 aromatic carbocycles. The molecule has 0 aromatic heterocycles. The second-order valence-electron chi connectivity index (χ2n) is 4.88. The fourth-order valence-electron chi connectivity index (χ4n) is 1.82. The quantitative estimate of drug-likeness (QED) is 0.694. The van der Waals surface area contributed by atoms with Gasteiger partial charge in [0.15, 0.2) is 0 Å². The standard InChI is InChI=1S/C17H21N3O2/c1-20(2)17(18-13-5-9-15(21-3)10-6-13)19-14-7-11-16(22-4)12-8-14/h5-12H,1-4H3,(H,18,19). The molecule has 0 heterocycles. The van der Waals surface area contributed by atoms with Crippen LogP contribution in [-0.2, 0) is 0 Å². The van der Waals surface area contributed by atoms with Gasteiger partial charge in [-0.15, -0.1) is 0 Å². The smallest absolute Gasteiger partial charge is 0.203 e. The summed E-state index contributed by atoms with van der Waals surface area (Å²) in [5, 5.41) is 3.30. The van der Waals surface area contributed by atoms with Gasteiger partial charge in [0.2, 0.25) is 5.96 Å². The SMILES string of the molecule is COc1ccc(N=C(Nc2ccc(OC)cc2)N(C)C)cc1. The van der Waals surface area contributed by atoms with Gasteiger partial charge < -0.3 is 19.7 Å². The van der Waals surface area contributed by atoms with Crippen molar-refractivity contribution in [2.75, 3.05) is 33.6 Å². The van der Waals surface area contributed by atoms with Crippen LogP contribution in [-0.4, -0.2) is 39.2 Å². The maximum atomic E-state index is 5.16. The molecular weight excluding hydrogens is 278 g/mol. The third-order valence-corrected chi connectivity index (χ3v) is 3.08. The summed E-state index contributed by atoms with van der Waals surface area (Å²) in [6, 6.07) is 15.3. The molecule has 5 nitrogen and oxygen atoms in total. The topological polar surface area (TPSA) is 46.1 Å². The Morgan fingerprint density at radius 2 is 1.36 bits per heavy atom. The van der Waals surface area contributed by atoms with E-state index in [9.17, 15) is 0 Å². The molecule has 0 amide bonds. The third kappa shape index (κ3) is 4.15. The third-order valence-electron chi connectivity index (χ3n) is 3.08. The molecule has 0 aliphatic rings. The van der Waals surface area contributed by atoms with Crippen molar-refractivity contribution in [1.82, 2.24) is 4.90 Å². The molecule has 2 aromatic rings. The van der Waals surface area contributed by atoms with E-state index in [2.05, 4.69) is 10.3 Å². The van der Waals surface area contributed by atoms with E-state index >= 15 is 0 Å². The van der Waals surface area contributed by atoms with Crippen molar-refractivity contribution < 1.29 is 9.47 Å². The molecule has 0 fully saturated rings. The Kier molecular flexibility index (Phi) is 5.25. The lowest BCUT2D eigenvalue weighted by Gasteiger charge is -2.17. The summed E-state index contributed by atoms with van der Waals surface area (Å²) in [5.41, 5.74) is 1.80. The number of rotatable bonds is 4. The van der Waals surface area contributed by atoms with Gasteiger partial charge in [-0.2, -0.15) is 0 Å². The Morgan fingerprint density at radius 1 is 0.864 bits per heavy atom. The number of hydrogen-bond acceptors (Lipinski definition) is 3. The summed E-state index contributed by atoms with van der Waals surface area (Å²) >= 11 is 0. The van der Waals surface area contributed by atoms with Gasteiger partial charge in [0, 0.05) is 19.8 Å². The minimum Gasteiger partial charge on any atom is -0.497 e. The first kappa shape index (κ1) is 15.7. The lowest BCUT2D eigenvalue weighted by atomic mass is 10.3. The predicted octanol–water partition coefficient (Wildman–Crippen LogP) is 3.37. The zero-order valence-corrected chi connectivity index (χ0v) is 13.3. The second kappa shape index (κ2) is 7.36. The van der Waals surface area contributed by atoms with Crippen LogP contribution in [0, 0.1) is 0 Å². The number of methoxy groups -OCH3 is 2. The first-order valence-corrected chi connectivity index (χ1v) is 6.93. The number of ether oxygens (including phenoxy) is 2. The summed E-state index contributed by atoms with van der Waals surface area (Å²) in [6.45, 7) is 0. The highest BCUT2D eigenvalue weighted by Crippen LogP contribution is 2.19. The van der Waals surface area contributed by atoms with Crippen molar-refractivity contribution in [2.45, 2.75) is 0 Å². The zero-order chi connectivity index (χ0) is 15.9. The number of benzene rings is 2. The maximum absolute atomic E-state index is 5.16. The number of hydrogen-bond donors (Lipinski definition) is 1. The Bertz CT molecular complexity index is 619. The molecule has 1 N–H and O–H groups in total. The van der Waals surface area contributed by atoms with E-state index in [1.54, 1.807) is 14.2 Å². The lowest BCUT2D eigenvalue weighted by Crippen LogP contribution is -2.29. The van der Waals surface area contributed by atoms with Gasteiger partial charge in [-0.25, -0.2) is 4.99 Å². The van der Waals surface area contributed by atoms with Gasteiger partial charge in [-0.3, -0.25) is 0 Å². The van der Waals surface area contributed by atoms with Crippen molar-refractivity contribution in [3.8, 4) is 11.5 Å². The number of guanidine groups is 1. The molecule has 2 rings (SSSR count). The first-order chi connectivity index (χ1) is 10.6. The monoisotopic (exact) mass is 299 g/mol. The van der Waals surface area contributed by atoms with E-state index < -0.39 is 0 Å². The fourth-order valence-corrected chi connectivity index (χ4v) is 1.82. The molecule has 0 saturated heterocycles. The van der Waals surface area contributed by atoms with Crippen molar-refractivity contribution in [2.24, 2.45) is 4.99 Å². The zero-order valence-electron chi connectivity index (χ0n) is 13.3. The Hall–Kier alpha value is -2.69. The maximum Gasteiger partial charge on any atom is 0.203 e. The summed E-state index contributed by atoms with van der Waals surface area (Å²) in [7, 11) is 7.19. The first-order valence-electron chi connectivity index (χ1n) is 6.93. The highest BCUT2D eigenvalue weighted by atomic mass is 16.5. The second-order valence-corrected chi connectivity index (χ2v) is 4.88. The van der Waals surface area contributed by atoms with Crippen molar-refractivity contribution in [3.63, 3.8) is 0 Å². The van der Waals surface area contributed by atoms with Crippen molar-refractivity contribution in [3.05, 3.63) is 48.5 Å². The van der Waals surface area contributed by atoms with Gasteiger partial charge >= 0.3 is 0 Å². The van der Waals surface area contributed by atoms with Gasteiger partial charge in [0.1, 0.15) is 11.5 Å². The van der Waals surface area contributed by atoms with E-state index in [1.807, 2.05) is 67.5 Å². The van der Waals surface area contributed by atoms with Crippen LogP contribution in [0.2, 0.25) is 0 Å². The van der Waals surface area contributed by atoms with Crippen LogP contribution < -0.4 is 14.8 Å². The minimum atomic E-state index is 0.746. The van der Waals surface area contributed by atoms with E-state index in [1.165, 1.54) is 0 Å². The van der Waals surface area contributed by atoms with E-state index in [-0.39, 0.29) is 0 Å². The largest absolute Gasteiger partial charge is 0.497 e. The lowest BCUT2D eigenvalue weighted by molar-refractivity contribution is 0.415. The van der Waals surface area contributed by atoms with Crippen LogP contribution in [0.15, 0.2) is 53.5 Å². The minimum absolute atomic E-state index is 0.746. The Labute approximate surface area is 131 Å². The molecule has 0 atom stereocenters. The van der Waals surface area contributed by atoms with Crippen LogP contribution in [0.25, 0.3) is 0 Å². The fraction of sp³-hybridized carbons (Fsp3) is 0.235. The average Bonchev–Trinajstić information content (AvgIpc) is 2.55. The number of nitrogens with zero attached hydrogens (tertiary/aromatic N) is 2. The van der Waals surface area contributed by atoms with Crippen molar-refractivity contribution in [1.29, 1.82) is 0 Å². The van der Waals surface area contributed by atoms with Gasteiger partial charge in [-0.05, 0) is 48.5 Å². The molecule has 0 spiro atoms. The summed E-state index contributed by atoms with van der Waals surface area (Å²) in [4.78, 5) is 6.54. The van der Waals surface area contributed by atoms with E-state index in [4.69, 9.17) is 9.47 Å². The van der Waals surface area contributed by atoms with E-state index in [0.29, 0.717) is 0 Å². The predicted molar refractivity (Wildman–Crippen MR) is 90.4 cm³/mol. The van der Waals surface area contributed by atoms with Crippen LogP contribution in [0.4, 0.5) is 11.4 Å². The van der Waals surface area contributed by atoms with Crippen LogP contribution in [0.1, 0.15) is 0 Å². The molecule has 22 heavy (non-hydrogen) atoms. The highest BCUT2D eigenvalue weighted by Gasteiger charge is 2.04. The Morgan fingerprint density at radius 3 is 1.82 bits per heavy atom. The molecule has 116 valence electrons. The molecule has 0 aliphatic heterocycles. The average molecular weight is 299 g/mol. The summed E-state index contributed by atoms with van der Waals surface area (Å²) in [5.74, 6) is 2.38. The van der Waals surface area contributed by atoms with Crippen molar-refractivity contribution >= 4 is 17.3 Å². The van der Waals surface area contributed by atoms with Gasteiger partial charge in [0.25, 0.3) is 0 Å². The molecule has 0 radical (unpaired) electrons. The number of aliphatic imine (C=N–C) groups is 1. The molecule has 0 bridgehead atoms. The van der Waals surface area contributed by atoms with Gasteiger partial charge in [-0.1, -0.05) is 0 Å². The van der Waals surface area contributed by atoms with Crippen LogP contribution in [0.5, 0.6) is 11.5 Å². The normalized spacial score (nSPS) is 11.0. The highest BCUT2D eigenvalue weighted by molar-refractivity contribution is 5.95. The number of nitrogens with one attached hydrogen (secondary N) is 1. The molecule has 0 aliphatic carbocycles.